The Labute approximate surface area is 336 Å². The summed E-state index contributed by atoms with van der Waals surface area (Å²) in [5, 5.41) is 2.82. The summed E-state index contributed by atoms with van der Waals surface area (Å²) in [7, 11) is -1.84. The predicted molar refractivity (Wildman–Crippen MR) is 228 cm³/mol. The van der Waals surface area contributed by atoms with Crippen molar-refractivity contribution in [2.24, 2.45) is 0 Å². The maximum Gasteiger partial charge on any atom is 0.410 e. The van der Waals surface area contributed by atoms with Crippen LogP contribution in [0.15, 0.2) is 36.4 Å². The summed E-state index contributed by atoms with van der Waals surface area (Å²) in [6, 6.07) is 14.5. The van der Waals surface area contributed by atoms with E-state index < -0.39 is 13.9 Å². The molecule has 4 saturated heterocycles. The smallest absolute Gasteiger partial charge is 0.410 e. The van der Waals surface area contributed by atoms with Gasteiger partial charge in [0, 0.05) is 48.9 Å². The fraction of sp³-hybridized carbons (Fsp3) is 0.667. The molecule has 0 aliphatic carbocycles. The lowest BCUT2D eigenvalue weighted by Gasteiger charge is -2.43. The number of aromatic nitrogens is 2. The van der Waals surface area contributed by atoms with E-state index in [0.717, 1.165) is 89.2 Å². The van der Waals surface area contributed by atoms with Crippen molar-refractivity contribution in [2.45, 2.75) is 154 Å². The van der Waals surface area contributed by atoms with E-state index in [1.807, 2.05) is 25.7 Å². The first-order chi connectivity index (χ1) is 26.6. The number of anilines is 2. The fourth-order valence-corrected chi connectivity index (χ4v) is 11.1. The molecule has 5 aliphatic rings. The molecule has 2 aromatic carbocycles. The first-order valence-corrected chi connectivity index (χ1v) is 24.4. The monoisotopic (exact) mass is 782 g/mol. The molecule has 10 nitrogen and oxygen atoms in total. The van der Waals surface area contributed by atoms with Gasteiger partial charge in [-0.15, -0.1) is 0 Å². The molecule has 3 aromatic rings. The topological polar surface area (TPSA) is 83.5 Å². The van der Waals surface area contributed by atoms with Crippen LogP contribution in [0.4, 0.5) is 16.3 Å². The van der Waals surface area contributed by atoms with Gasteiger partial charge in [-0.2, -0.15) is 9.97 Å². The quantitative estimate of drug-likeness (QED) is 0.198. The van der Waals surface area contributed by atoms with Crippen molar-refractivity contribution in [1.29, 1.82) is 0 Å². The minimum atomic E-state index is -1.84. The van der Waals surface area contributed by atoms with Gasteiger partial charge in [-0.1, -0.05) is 58.0 Å². The lowest BCUT2D eigenvalue weighted by Crippen LogP contribution is -2.57. The number of carbonyl (C=O) groups is 1. The number of rotatable bonds is 9. The summed E-state index contributed by atoms with van der Waals surface area (Å²) >= 11 is 0. The molecule has 1 amide bonds. The van der Waals surface area contributed by atoms with Gasteiger partial charge in [-0.25, -0.2) is 4.79 Å². The predicted octanol–water partition coefficient (Wildman–Crippen LogP) is 8.74. The molecule has 2 bridgehead atoms. The molecule has 304 valence electrons. The van der Waals surface area contributed by atoms with Crippen LogP contribution in [-0.2, 0) is 28.5 Å². The maximum atomic E-state index is 13.4. The Balaban J connectivity index is 1.08. The van der Waals surface area contributed by atoms with E-state index in [0.29, 0.717) is 25.2 Å². The van der Waals surface area contributed by atoms with Gasteiger partial charge in [0.05, 0.1) is 29.9 Å². The molecule has 0 N–H and O–H groups in total. The van der Waals surface area contributed by atoms with Crippen LogP contribution in [0.1, 0.15) is 104 Å². The fourth-order valence-electron chi connectivity index (χ4n) is 10.1. The van der Waals surface area contributed by atoms with Crippen molar-refractivity contribution in [3.63, 3.8) is 0 Å². The van der Waals surface area contributed by atoms with Crippen LogP contribution in [0.25, 0.3) is 10.8 Å². The molecule has 6 heterocycles. The van der Waals surface area contributed by atoms with Crippen LogP contribution in [-0.4, -0.2) is 103 Å². The van der Waals surface area contributed by atoms with Gasteiger partial charge in [0.25, 0.3) is 0 Å². The van der Waals surface area contributed by atoms with Crippen molar-refractivity contribution < 1.29 is 18.7 Å². The molecule has 0 spiro atoms. The minimum Gasteiger partial charge on any atom is -0.461 e. The van der Waals surface area contributed by atoms with Gasteiger partial charge in [0.15, 0.2) is 8.32 Å². The van der Waals surface area contributed by atoms with Gasteiger partial charge < -0.3 is 23.7 Å². The third-order valence-corrected chi connectivity index (χ3v) is 18.5. The van der Waals surface area contributed by atoms with Crippen LogP contribution in [0.2, 0.25) is 18.1 Å². The Morgan fingerprint density at radius 2 is 1.66 bits per heavy atom. The minimum absolute atomic E-state index is 0.00935. The molecule has 0 saturated carbocycles. The van der Waals surface area contributed by atoms with E-state index in [1.165, 1.54) is 34.0 Å². The largest absolute Gasteiger partial charge is 0.461 e. The van der Waals surface area contributed by atoms with Crippen LogP contribution >= 0.6 is 0 Å². The highest BCUT2D eigenvalue weighted by Gasteiger charge is 2.51. The zero-order valence-electron chi connectivity index (χ0n) is 35.6. The summed E-state index contributed by atoms with van der Waals surface area (Å²) in [6.07, 6.45) is 8.16. The SMILES string of the molecule is CCc1cccc2cccc(N3CCc4c(nc(OC[C@]56CCCN5[C@@H](CO[Si](C)(C)C(C)(C)C)CC6)nc4N4C[C@H]5CC[C@@H](C4)N5C(=O)OC(C)(C)C)C3)c12. The standard InChI is InChI=1S/C45H66N6O4Si/c1-10-31-14-11-15-32-16-12-17-38(39(31)32)48-25-21-36-37(28-48)46-41(47-40(36)49-26-33-18-19-34(27-49)51(33)42(52)55-43(2,3)4)53-30-45-22-13-24-50(45)35(20-23-45)29-54-56(8,9)44(5,6)7/h11-12,14-17,33-35H,10,13,18-30H2,1-9H3/t33-,34+,35-,45-/m1/s1. The number of amides is 1. The Morgan fingerprint density at radius 1 is 0.929 bits per heavy atom. The molecule has 4 fully saturated rings. The molecular weight excluding hydrogens is 717 g/mol. The van der Waals surface area contributed by atoms with E-state index in [1.54, 1.807) is 0 Å². The van der Waals surface area contributed by atoms with Crippen molar-refractivity contribution in [1.82, 2.24) is 19.8 Å². The van der Waals surface area contributed by atoms with Crippen LogP contribution < -0.4 is 14.5 Å². The number of piperazine rings is 1. The van der Waals surface area contributed by atoms with Crippen molar-refractivity contribution >= 4 is 36.7 Å². The zero-order chi connectivity index (χ0) is 39.6. The number of hydrogen-bond donors (Lipinski definition) is 0. The second-order valence-corrected chi connectivity index (χ2v) is 24.6. The van der Waals surface area contributed by atoms with E-state index in [9.17, 15) is 4.79 Å². The number of carbonyl (C=O) groups excluding carboxylic acids is 1. The molecule has 4 atom stereocenters. The van der Waals surface area contributed by atoms with Gasteiger partial charge in [-0.05, 0) is 114 Å². The summed E-state index contributed by atoms with van der Waals surface area (Å²) in [5.74, 6) is 0.991. The maximum absolute atomic E-state index is 13.4. The van der Waals surface area contributed by atoms with Crippen molar-refractivity contribution in [3.05, 3.63) is 53.2 Å². The molecule has 11 heteroatoms. The first-order valence-electron chi connectivity index (χ1n) is 21.5. The summed E-state index contributed by atoms with van der Waals surface area (Å²) < 4.78 is 19.5. The van der Waals surface area contributed by atoms with E-state index in [-0.39, 0.29) is 28.8 Å². The highest BCUT2D eigenvalue weighted by atomic mass is 28.4. The van der Waals surface area contributed by atoms with Gasteiger partial charge >= 0.3 is 12.1 Å². The highest BCUT2D eigenvalue weighted by Crippen LogP contribution is 2.45. The molecule has 1 aromatic heterocycles. The summed E-state index contributed by atoms with van der Waals surface area (Å²) in [4.78, 5) is 33.6. The number of ether oxygens (including phenoxy) is 2. The average molecular weight is 783 g/mol. The number of fused-ring (bicyclic) bond motifs is 5. The van der Waals surface area contributed by atoms with Crippen molar-refractivity contribution in [3.8, 4) is 6.01 Å². The second kappa shape index (κ2) is 14.8. The van der Waals surface area contributed by atoms with Crippen LogP contribution in [0, 0.1) is 0 Å². The van der Waals surface area contributed by atoms with E-state index >= 15 is 0 Å². The molecule has 5 aliphatic heterocycles. The lowest BCUT2D eigenvalue weighted by atomic mass is 9.95. The van der Waals surface area contributed by atoms with Gasteiger partial charge in [-0.3, -0.25) is 9.80 Å². The number of aryl methyl sites for hydroxylation is 1. The second-order valence-electron chi connectivity index (χ2n) is 19.8. The van der Waals surface area contributed by atoms with Gasteiger partial charge in [0.2, 0.25) is 0 Å². The lowest BCUT2D eigenvalue weighted by molar-refractivity contribution is 0.0122. The van der Waals surface area contributed by atoms with Gasteiger partial charge in [0.1, 0.15) is 18.0 Å². The van der Waals surface area contributed by atoms with Crippen molar-refractivity contribution in [2.75, 3.05) is 49.2 Å². The Bertz CT molecular complexity index is 1920. The van der Waals surface area contributed by atoms with Crippen LogP contribution in [0.5, 0.6) is 6.01 Å². The average Bonchev–Trinajstić information content (AvgIpc) is 3.80. The number of nitrogens with zero attached hydrogens (tertiary/aromatic N) is 6. The summed E-state index contributed by atoms with van der Waals surface area (Å²) in [5.41, 5.74) is 4.39. The normalized spacial score (nSPS) is 25.5. The third-order valence-electron chi connectivity index (χ3n) is 14.0. The highest BCUT2D eigenvalue weighted by molar-refractivity contribution is 6.74. The van der Waals surface area contributed by atoms with E-state index in [2.05, 4.69) is 91.9 Å². The third kappa shape index (κ3) is 7.41. The van der Waals surface area contributed by atoms with E-state index in [4.69, 9.17) is 23.9 Å². The Hall–Kier alpha value is -3.41. The van der Waals surface area contributed by atoms with Crippen LogP contribution in [0.3, 0.4) is 0 Å². The molecule has 0 unspecified atom stereocenters. The Kier molecular flexibility index (Phi) is 10.4. The molecule has 56 heavy (non-hydrogen) atoms. The number of benzene rings is 2. The summed E-state index contributed by atoms with van der Waals surface area (Å²) in [6.45, 7) is 25.3. The number of hydrogen-bond acceptors (Lipinski definition) is 9. The zero-order valence-corrected chi connectivity index (χ0v) is 36.6. The molecule has 8 rings (SSSR count). The first kappa shape index (κ1) is 39.4. The molecule has 0 radical (unpaired) electrons. The Morgan fingerprint density at radius 3 is 2.36 bits per heavy atom. The molecular formula is C45H66N6O4Si.